The van der Waals surface area contributed by atoms with Crippen LogP contribution in [0.1, 0.15) is 5.56 Å². The second-order valence-electron chi connectivity index (χ2n) is 5.72. The molecule has 0 aliphatic carbocycles. The number of aromatic nitrogens is 4. The first-order valence-electron chi connectivity index (χ1n) is 7.81. The van der Waals surface area contributed by atoms with E-state index in [1.54, 1.807) is 0 Å². The van der Waals surface area contributed by atoms with Gasteiger partial charge in [0.1, 0.15) is 5.82 Å². The molecule has 0 aliphatic rings. The summed E-state index contributed by atoms with van der Waals surface area (Å²) in [6.45, 7) is 0. The Hall–Kier alpha value is -2.44. The normalized spacial score (nSPS) is 12.0. The lowest BCUT2D eigenvalue weighted by atomic mass is 10.3. The van der Waals surface area contributed by atoms with Crippen LogP contribution in [0.5, 0.6) is 0 Å². The van der Waals surface area contributed by atoms with Crippen molar-refractivity contribution >= 4 is 61.6 Å². The highest BCUT2D eigenvalue weighted by Gasteiger charge is 2.32. The summed E-state index contributed by atoms with van der Waals surface area (Å²) in [5.74, 6) is -1.02. The maximum absolute atomic E-state index is 13.2. The van der Waals surface area contributed by atoms with Crippen LogP contribution in [0.15, 0.2) is 35.6 Å². The zero-order valence-corrected chi connectivity index (χ0v) is 16.4. The molecule has 4 rings (SSSR count). The number of halogens is 5. The van der Waals surface area contributed by atoms with E-state index in [-0.39, 0.29) is 26.7 Å². The third kappa shape index (κ3) is 4.14. The van der Waals surface area contributed by atoms with Crippen molar-refractivity contribution < 1.29 is 22.4 Å². The third-order valence-electron chi connectivity index (χ3n) is 3.69. The van der Waals surface area contributed by atoms with Gasteiger partial charge in [0.2, 0.25) is 5.91 Å². The molecule has 0 bridgehead atoms. The lowest BCUT2D eigenvalue weighted by Gasteiger charge is -2.08. The van der Waals surface area contributed by atoms with Crippen molar-refractivity contribution in [2.75, 3.05) is 11.1 Å². The summed E-state index contributed by atoms with van der Waals surface area (Å²) >= 11 is 7.85. The van der Waals surface area contributed by atoms with E-state index in [1.165, 1.54) is 18.2 Å². The molecular formula is C16H8ClF4N5OS2. The van der Waals surface area contributed by atoms with Crippen LogP contribution >= 0.6 is 34.7 Å². The lowest BCUT2D eigenvalue weighted by molar-refractivity contribution is -0.137. The molecule has 29 heavy (non-hydrogen) atoms. The Morgan fingerprint density at radius 2 is 2.07 bits per heavy atom. The second-order valence-corrected chi connectivity index (χ2v) is 8.10. The van der Waals surface area contributed by atoms with Crippen molar-refractivity contribution in [1.29, 1.82) is 0 Å². The van der Waals surface area contributed by atoms with Gasteiger partial charge >= 0.3 is 6.18 Å². The number of carbonyl (C=O) groups excluding carboxylic acids is 1. The number of benzene rings is 1. The Morgan fingerprint density at radius 3 is 2.83 bits per heavy atom. The van der Waals surface area contributed by atoms with Crippen molar-refractivity contribution in [2.24, 2.45) is 0 Å². The fourth-order valence-corrected chi connectivity index (χ4v) is 4.29. The Kier molecular flexibility index (Phi) is 5.09. The summed E-state index contributed by atoms with van der Waals surface area (Å²) < 4.78 is 53.9. The number of fused-ring (bicyclic) bond motifs is 2. The van der Waals surface area contributed by atoms with E-state index in [0.29, 0.717) is 10.2 Å². The topological polar surface area (TPSA) is 72.2 Å². The molecule has 0 atom stereocenters. The number of carbonyl (C=O) groups is 1. The molecule has 3 aromatic heterocycles. The van der Waals surface area contributed by atoms with Gasteiger partial charge in [-0.05, 0) is 24.3 Å². The minimum absolute atomic E-state index is 0.0516. The number of thioether (sulfide) groups is 1. The van der Waals surface area contributed by atoms with Gasteiger partial charge in [0.05, 0.1) is 26.6 Å². The van der Waals surface area contributed by atoms with E-state index in [2.05, 4.69) is 20.5 Å². The molecule has 0 fully saturated rings. The highest BCUT2D eigenvalue weighted by molar-refractivity contribution is 7.99. The molecule has 0 unspecified atom stereocenters. The molecule has 1 N–H and O–H groups in total. The number of hydrogen-bond acceptors (Lipinski definition) is 6. The molecular weight excluding hydrogens is 454 g/mol. The Morgan fingerprint density at radius 1 is 1.28 bits per heavy atom. The summed E-state index contributed by atoms with van der Waals surface area (Å²) in [7, 11) is 0. The van der Waals surface area contributed by atoms with Crippen LogP contribution in [0.2, 0.25) is 5.02 Å². The van der Waals surface area contributed by atoms with E-state index < -0.39 is 23.5 Å². The highest BCUT2D eigenvalue weighted by Crippen LogP contribution is 2.33. The fraction of sp³-hybridized carbons (Fsp3) is 0.125. The Bertz CT molecular complexity index is 1240. The molecule has 150 valence electrons. The van der Waals surface area contributed by atoms with Gasteiger partial charge in [0.15, 0.2) is 15.9 Å². The minimum atomic E-state index is -4.59. The van der Waals surface area contributed by atoms with E-state index in [1.807, 2.05) is 0 Å². The smallest absolute Gasteiger partial charge is 0.301 e. The molecule has 0 aliphatic heterocycles. The van der Waals surface area contributed by atoms with E-state index >= 15 is 0 Å². The van der Waals surface area contributed by atoms with Gasteiger partial charge in [-0.1, -0.05) is 34.7 Å². The second kappa shape index (κ2) is 7.43. The monoisotopic (exact) mass is 461 g/mol. The molecule has 1 amide bonds. The average molecular weight is 462 g/mol. The van der Waals surface area contributed by atoms with Gasteiger partial charge in [-0.3, -0.25) is 9.20 Å². The van der Waals surface area contributed by atoms with E-state index in [0.717, 1.165) is 39.8 Å². The van der Waals surface area contributed by atoms with Crippen LogP contribution in [0.25, 0.3) is 15.9 Å². The van der Waals surface area contributed by atoms with Gasteiger partial charge in [-0.25, -0.2) is 9.37 Å². The van der Waals surface area contributed by atoms with Crippen molar-refractivity contribution in [2.45, 2.75) is 11.3 Å². The summed E-state index contributed by atoms with van der Waals surface area (Å²) in [5, 5.41) is 10.3. The van der Waals surface area contributed by atoms with Gasteiger partial charge in [0.25, 0.3) is 0 Å². The first-order valence-corrected chi connectivity index (χ1v) is 9.99. The van der Waals surface area contributed by atoms with Crippen molar-refractivity contribution in [3.63, 3.8) is 0 Å². The molecule has 3 heterocycles. The molecule has 13 heteroatoms. The first kappa shape index (κ1) is 19.9. The molecule has 4 aromatic rings. The van der Waals surface area contributed by atoms with Gasteiger partial charge in [-0.15, -0.1) is 10.2 Å². The molecule has 6 nitrogen and oxygen atoms in total. The number of nitrogens with one attached hydrogen (secondary N) is 1. The number of amides is 1. The number of nitrogens with zero attached hydrogens (tertiary/aromatic N) is 4. The van der Waals surface area contributed by atoms with Crippen molar-refractivity contribution in [1.82, 2.24) is 19.6 Å². The minimum Gasteiger partial charge on any atom is -0.301 e. The summed E-state index contributed by atoms with van der Waals surface area (Å²) in [6.07, 6.45) is -3.77. The standard InChI is InChI=1S/C16H8ClF4N5OS2/c17-9-3-7(16(19,20)21)5-26-13(9)24-25-15(26)28-6-12(27)23-14-22-10-2-1-8(18)4-11(10)29-14/h1-5H,6H2,(H,22,23,27). The van der Waals surface area contributed by atoms with E-state index in [9.17, 15) is 22.4 Å². The van der Waals surface area contributed by atoms with Crippen LogP contribution in [-0.2, 0) is 11.0 Å². The van der Waals surface area contributed by atoms with Crippen molar-refractivity contribution in [3.05, 3.63) is 46.9 Å². The van der Waals surface area contributed by atoms with Crippen molar-refractivity contribution in [3.8, 4) is 0 Å². The Balaban J connectivity index is 1.50. The quantitative estimate of drug-likeness (QED) is 0.346. The van der Waals surface area contributed by atoms with Crippen LogP contribution in [-0.4, -0.2) is 31.2 Å². The molecule has 0 radical (unpaired) electrons. The number of hydrogen-bond donors (Lipinski definition) is 1. The molecule has 1 aromatic carbocycles. The predicted molar refractivity (Wildman–Crippen MR) is 102 cm³/mol. The zero-order chi connectivity index (χ0) is 20.8. The number of thiazole rings is 1. The summed E-state index contributed by atoms with van der Waals surface area (Å²) in [4.78, 5) is 16.4. The van der Waals surface area contributed by atoms with Crippen LogP contribution in [0.3, 0.4) is 0 Å². The molecule has 0 saturated carbocycles. The molecule has 0 saturated heterocycles. The van der Waals surface area contributed by atoms with Crippen LogP contribution < -0.4 is 5.32 Å². The van der Waals surface area contributed by atoms with Crippen LogP contribution in [0, 0.1) is 5.82 Å². The summed E-state index contributed by atoms with van der Waals surface area (Å²) in [6, 6.07) is 4.83. The number of pyridine rings is 1. The Labute approximate surface area is 172 Å². The third-order valence-corrected chi connectivity index (χ3v) is 5.84. The summed E-state index contributed by atoms with van der Waals surface area (Å²) in [5.41, 5.74) is -0.365. The zero-order valence-electron chi connectivity index (χ0n) is 14.0. The first-order chi connectivity index (χ1) is 13.7. The van der Waals surface area contributed by atoms with E-state index in [4.69, 9.17) is 11.6 Å². The average Bonchev–Trinajstić information content (AvgIpc) is 3.22. The van der Waals surface area contributed by atoms with Gasteiger partial charge in [-0.2, -0.15) is 13.2 Å². The maximum atomic E-state index is 13.2. The lowest BCUT2D eigenvalue weighted by Crippen LogP contribution is -2.14. The largest absolute Gasteiger partial charge is 0.417 e. The number of alkyl halides is 3. The fourth-order valence-electron chi connectivity index (χ4n) is 2.42. The van der Waals surface area contributed by atoms with Crippen LogP contribution in [0.4, 0.5) is 22.7 Å². The van der Waals surface area contributed by atoms with Gasteiger partial charge < -0.3 is 5.32 Å². The predicted octanol–water partition coefficient (Wildman–Crippen LogP) is 4.88. The molecule has 0 spiro atoms. The van der Waals surface area contributed by atoms with Gasteiger partial charge in [0, 0.05) is 6.20 Å². The SMILES string of the molecule is O=C(CSc1nnc2c(Cl)cc(C(F)(F)F)cn12)Nc1nc2ccc(F)cc2s1. The number of anilines is 1. The number of rotatable bonds is 4. The highest BCUT2D eigenvalue weighted by atomic mass is 35.5. The maximum Gasteiger partial charge on any atom is 0.417 e.